The van der Waals surface area contributed by atoms with Crippen molar-refractivity contribution in [3.63, 3.8) is 0 Å². The fourth-order valence-corrected chi connectivity index (χ4v) is 2.90. The number of carbonyl (C=O) groups is 1. The minimum atomic E-state index is -3.35. The number of carbonyl (C=O) groups excluding carboxylic acids is 1. The van der Waals surface area contributed by atoms with Crippen LogP contribution in [0.1, 0.15) is 19.4 Å². The molecule has 1 rings (SSSR count). The first-order valence-electron chi connectivity index (χ1n) is 6.04. The summed E-state index contributed by atoms with van der Waals surface area (Å²) in [5, 5.41) is 3.40. The Labute approximate surface area is 124 Å². The lowest BCUT2D eigenvalue weighted by Gasteiger charge is -2.21. The third kappa shape index (κ3) is 4.19. The highest BCUT2D eigenvalue weighted by molar-refractivity contribution is 7.90. The summed E-state index contributed by atoms with van der Waals surface area (Å²) in [5.74, 6) is -0.424. The molecule has 0 radical (unpaired) electrons. The molecule has 0 spiro atoms. The summed E-state index contributed by atoms with van der Waals surface area (Å²) in [6, 6.07) is 4.74. The van der Waals surface area contributed by atoms with Crippen molar-refractivity contribution in [3.8, 4) is 0 Å². The summed E-state index contributed by atoms with van der Waals surface area (Å²) in [7, 11) is -3.35. The van der Waals surface area contributed by atoms with Crippen molar-refractivity contribution < 1.29 is 13.2 Å². The first-order chi connectivity index (χ1) is 9.05. The number of amides is 1. The molecule has 112 valence electrons. The quantitative estimate of drug-likeness (QED) is 0.828. The average molecular weight is 319 g/mol. The molecule has 0 saturated heterocycles. The van der Waals surface area contributed by atoms with Gasteiger partial charge in [0, 0.05) is 29.9 Å². The van der Waals surface area contributed by atoms with Crippen LogP contribution in [0.2, 0.25) is 5.02 Å². The van der Waals surface area contributed by atoms with Gasteiger partial charge in [0.2, 0.25) is 5.91 Å². The van der Waals surface area contributed by atoms with Crippen LogP contribution in [0.4, 0.5) is 0 Å². The first kappa shape index (κ1) is 16.9. The van der Waals surface area contributed by atoms with Crippen molar-refractivity contribution in [2.75, 3.05) is 12.8 Å². The van der Waals surface area contributed by atoms with E-state index in [0.717, 1.165) is 6.26 Å². The molecule has 0 bridgehead atoms. The Morgan fingerprint density at radius 1 is 1.40 bits per heavy atom. The third-order valence-corrected chi connectivity index (χ3v) is 4.55. The van der Waals surface area contributed by atoms with Crippen LogP contribution in [0, 0.1) is 5.41 Å². The molecule has 7 heteroatoms. The normalized spacial score (nSPS) is 12.4. The summed E-state index contributed by atoms with van der Waals surface area (Å²) in [6.07, 6.45) is 1.13. The Bertz CT molecular complexity index is 612. The molecule has 0 aromatic heterocycles. The SMILES string of the molecule is CC(C)(CNCc1c(Cl)cccc1S(C)(=O)=O)C(N)=O. The fourth-order valence-electron chi connectivity index (χ4n) is 1.64. The fraction of sp³-hybridized carbons (Fsp3) is 0.462. The lowest BCUT2D eigenvalue weighted by Crippen LogP contribution is -2.40. The van der Waals surface area contributed by atoms with E-state index in [4.69, 9.17) is 17.3 Å². The number of primary amides is 1. The van der Waals surface area contributed by atoms with Gasteiger partial charge in [0.25, 0.3) is 0 Å². The molecule has 0 aliphatic carbocycles. The molecule has 1 aromatic carbocycles. The van der Waals surface area contributed by atoms with Crippen LogP contribution in [0.15, 0.2) is 23.1 Å². The molecule has 0 atom stereocenters. The van der Waals surface area contributed by atoms with Gasteiger partial charge in [-0.3, -0.25) is 4.79 Å². The van der Waals surface area contributed by atoms with Gasteiger partial charge < -0.3 is 11.1 Å². The van der Waals surface area contributed by atoms with E-state index in [0.29, 0.717) is 17.1 Å². The van der Waals surface area contributed by atoms with Crippen molar-refractivity contribution in [1.82, 2.24) is 5.32 Å². The molecule has 1 aromatic rings. The zero-order valence-corrected chi connectivity index (χ0v) is 13.3. The van der Waals surface area contributed by atoms with Crippen molar-refractivity contribution in [2.45, 2.75) is 25.3 Å². The van der Waals surface area contributed by atoms with Gasteiger partial charge >= 0.3 is 0 Å². The molecule has 0 saturated carbocycles. The minimum Gasteiger partial charge on any atom is -0.369 e. The van der Waals surface area contributed by atoms with Crippen molar-refractivity contribution >= 4 is 27.3 Å². The smallest absolute Gasteiger partial charge is 0.224 e. The van der Waals surface area contributed by atoms with Gasteiger partial charge in [-0.2, -0.15) is 0 Å². The first-order valence-corrected chi connectivity index (χ1v) is 8.31. The van der Waals surface area contributed by atoms with Crippen LogP contribution < -0.4 is 11.1 Å². The van der Waals surface area contributed by atoms with E-state index in [2.05, 4.69) is 5.32 Å². The lowest BCUT2D eigenvalue weighted by molar-refractivity contribution is -0.125. The van der Waals surface area contributed by atoms with Gasteiger partial charge in [-0.1, -0.05) is 17.7 Å². The van der Waals surface area contributed by atoms with E-state index in [1.807, 2.05) is 0 Å². The van der Waals surface area contributed by atoms with E-state index in [1.54, 1.807) is 26.0 Å². The number of nitrogens with two attached hydrogens (primary N) is 1. The van der Waals surface area contributed by atoms with Gasteiger partial charge in [0.1, 0.15) is 0 Å². The molecule has 20 heavy (non-hydrogen) atoms. The molecule has 3 N–H and O–H groups in total. The predicted molar refractivity (Wildman–Crippen MR) is 79.2 cm³/mol. The van der Waals surface area contributed by atoms with Gasteiger partial charge in [-0.15, -0.1) is 0 Å². The van der Waals surface area contributed by atoms with Crippen molar-refractivity contribution in [2.24, 2.45) is 11.1 Å². The largest absolute Gasteiger partial charge is 0.369 e. The van der Waals surface area contributed by atoms with Gasteiger partial charge in [-0.05, 0) is 26.0 Å². The zero-order valence-electron chi connectivity index (χ0n) is 11.7. The van der Waals surface area contributed by atoms with Crippen LogP contribution in [-0.4, -0.2) is 27.1 Å². The Balaban J connectivity index is 2.92. The van der Waals surface area contributed by atoms with E-state index >= 15 is 0 Å². The maximum atomic E-state index is 11.7. The average Bonchev–Trinajstić information content (AvgIpc) is 2.29. The lowest BCUT2D eigenvalue weighted by atomic mass is 9.93. The predicted octanol–water partition coefficient (Wildman–Crippen LogP) is 1.34. The highest BCUT2D eigenvalue weighted by Crippen LogP contribution is 2.24. The Morgan fingerprint density at radius 3 is 2.50 bits per heavy atom. The third-order valence-electron chi connectivity index (χ3n) is 3.01. The van der Waals surface area contributed by atoms with Crippen LogP contribution in [0.25, 0.3) is 0 Å². The van der Waals surface area contributed by atoms with E-state index in [-0.39, 0.29) is 11.4 Å². The molecule has 5 nitrogen and oxygen atoms in total. The maximum Gasteiger partial charge on any atom is 0.224 e. The van der Waals surface area contributed by atoms with Crippen LogP contribution in [0.3, 0.4) is 0 Å². The monoisotopic (exact) mass is 318 g/mol. The zero-order chi connectivity index (χ0) is 15.6. The number of benzene rings is 1. The molecule has 0 unspecified atom stereocenters. The van der Waals surface area contributed by atoms with Gasteiger partial charge in [0.05, 0.1) is 10.3 Å². The molecule has 0 heterocycles. The summed E-state index contributed by atoms with van der Waals surface area (Å²) < 4.78 is 23.4. The highest BCUT2D eigenvalue weighted by atomic mass is 35.5. The molecular formula is C13H19ClN2O3S. The molecule has 0 fully saturated rings. The standard InChI is InChI=1S/C13H19ClN2O3S/c1-13(2,12(15)17)8-16-7-9-10(14)5-4-6-11(9)20(3,18)19/h4-6,16H,7-8H2,1-3H3,(H2,15,17). The minimum absolute atomic E-state index is 0.189. The summed E-state index contributed by atoms with van der Waals surface area (Å²) >= 11 is 6.05. The van der Waals surface area contributed by atoms with E-state index in [1.165, 1.54) is 6.07 Å². The van der Waals surface area contributed by atoms with Crippen molar-refractivity contribution in [3.05, 3.63) is 28.8 Å². The van der Waals surface area contributed by atoms with E-state index < -0.39 is 21.2 Å². The van der Waals surface area contributed by atoms with Gasteiger partial charge in [-0.25, -0.2) is 8.42 Å². The molecule has 0 aliphatic rings. The number of rotatable bonds is 6. The maximum absolute atomic E-state index is 11.7. The Hall–Kier alpha value is -1.11. The van der Waals surface area contributed by atoms with Crippen molar-refractivity contribution in [1.29, 1.82) is 0 Å². The second kappa shape index (κ2) is 6.11. The number of hydrogen-bond donors (Lipinski definition) is 2. The van der Waals surface area contributed by atoms with Crippen LogP contribution >= 0.6 is 11.6 Å². The second-order valence-corrected chi connectivity index (χ2v) is 7.73. The summed E-state index contributed by atoms with van der Waals surface area (Å²) in [4.78, 5) is 11.4. The summed E-state index contributed by atoms with van der Waals surface area (Å²) in [5.41, 5.74) is 5.06. The number of sulfone groups is 1. The molecule has 0 aliphatic heterocycles. The van der Waals surface area contributed by atoms with Crippen LogP contribution in [0.5, 0.6) is 0 Å². The Morgan fingerprint density at radius 2 is 2.00 bits per heavy atom. The number of nitrogens with one attached hydrogen (secondary N) is 1. The molecule has 1 amide bonds. The second-order valence-electron chi connectivity index (χ2n) is 5.34. The number of hydrogen-bond acceptors (Lipinski definition) is 4. The van der Waals surface area contributed by atoms with E-state index in [9.17, 15) is 13.2 Å². The number of halogens is 1. The van der Waals surface area contributed by atoms with Gasteiger partial charge in [0.15, 0.2) is 9.84 Å². The Kier molecular flexibility index (Phi) is 5.18. The highest BCUT2D eigenvalue weighted by Gasteiger charge is 2.24. The van der Waals surface area contributed by atoms with Crippen LogP contribution in [-0.2, 0) is 21.2 Å². The topological polar surface area (TPSA) is 89.3 Å². The molecular weight excluding hydrogens is 300 g/mol. The summed E-state index contributed by atoms with van der Waals surface area (Å²) in [6.45, 7) is 4.01.